The fraction of sp³-hybridized carbons (Fsp3) is 0.846. The van der Waals surface area contributed by atoms with Crippen molar-refractivity contribution in [1.82, 2.24) is 0 Å². The highest BCUT2D eigenvalue weighted by molar-refractivity contribution is 5.66. The average Bonchev–Trinajstić information content (AvgIpc) is 2.25. The number of aliphatic carboxylic acids is 1. The lowest BCUT2D eigenvalue weighted by atomic mass is 10.1. The minimum atomic E-state index is -0.683. The molecule has 0 aromatic rings. The largest absolute Gasteiger partial charge is 0.481 e. The van der Waals surface area contributed by atoms with Gasteiger partial charge in [0.1, 0.15) is 0 Å². The van der Waals surface area contributed by atoms with Crippen molar-refractivity contribution in [3.8, 4) is 6.07 Å². The van der Waals surface area contributed by atoms with Crippen LogP contribution in [-0.4, -0.2) is 11.1 Å². The fourth-order valence-electron chi connectivity index (χ4n) is 1.72. The van der Waals surface area contributed by atoms with E-state index in [1.807, 2.05) is 0 Å². The van der Waals surface area contributed by atoms with E-state index in [0.29, 0.717) is 12.8 Å². The molecule has 0 saturated carbocycles. The third kappa shape index (κ3) is 13.0. The van der Waals surface area contributed by atoms with Gasteiger partial charge in [-0.15, -0.1) is 0 Å². The van der Waals surface area contributed by atoms with E-state index < -0.39 is 5.97 Å². The van der Waals surface area contributed by atoms with Crippen LogP contribution in [0.3, 0.4) is 0 Å². The second-order valence-corrected chi connectivity index (χ2v) is 4.23. The van der Waals surface area contributed by atoms with Crippen LogP contribution in [0.15, 0.2) is 0 Å². The molecule has 0 aromatic heterocycles. The lowest BCUT2D eigenvalue weighted by molar-refractivity contribution is -0.137. The Morgan fingerprint density at radius 1 is 0.875 bits per heavy atom. The summed E-state index contributed by atoms with van der Waals surface area (Å²) in [7, 11) is 0. The maximum atomic E-state index is 10.2. The van der Waals surface area contributed by atoms with Gasteiger partial charge in [0.2, 0.25) is 0 Å². The number of unbranched alkanes of at least 4 members (excludes halogenated alkanes) is 9. The molecule has 1 N–H and O–H groups in total. The third-order valence-corrected chi connectivity index (χ3v) is 2.68. The predicted octanol–water partition coefficient (Wildman–Crippen LogP) is 3.89. The van der Waals surface area contributed by atoms with Gasteiger partial charge in [-0.2, -0.15) is 5.26 Å². The normalized spacial score (nSPS) is 9.94. The fourth-order valence-corrected chi connectivity index (χ4v) is 1.72. The molecule has 0 rings (SSSR count). The Labute approximate surface area is 98.5 Å². The lowest BCUT2D eigenvalue weighted by Gasteiger charge is -2.00. The molecule has 3 heteroatoms. The Kier molecular flexibility index (Phi) is 11.2. The average molecular weight is 225 g/mol. The maximum absolute atomic E-state index is 10.2. The Hall–Kier alpha value is -1.04. The molecule has 0 unspecified atom stereocenters. The van der Waals surface area contributed by atoms with Gasteiger partial charge in [-0.3, -0.25) is 4.79 Å². The monoisotopic (exact) mass is 225 g/mol. The van der Waals surface area contributed by atoms with Gasteiger partial charge >= 0.3 is 5.97 Å². The molecule has 0 aliphatic rings. The van der Waals surface area contributed by atoms with Gasteiger partial charge in [-0.1, -0.05) is 44.9 Å². The molecule has 0 spiro atoms. The summed E-state index contributed by atoms with van der Waals surface area (Å²) in [5, 5.41) is 16.8. The molecule has 92 valence electrons. The van der Waals surface area contributed by atoms with E-state index in [1.54, 1.807) is 0 Å². The summed E-state index contributed by atoms with van der Waals surface area (Å²) in [6, 6.07) is 2.15. The van der Waals surface area contributed by atoms with Crippen LogP contribution in [0, 0.1) is 11.3 Å². The van der Waals surface area contributed by atoms with Crippen molar-refractivity contribution in [2.45, 2.75) is 70.6 Å². The van der Waals surface area contributed by atoms with Crippen LogP contribution in [0.2, 0.25) is 0 Å². The summed E-state index contributed by atoms with van der Waals surface area (Å²) in [6.07, 6.45) is 11.2. The van der Waals surface area contributed by atoms with Crippen molar-refractivity contribution < 1.29 is 9.90 Å². The minimum absolute atomic E-state index is 0.314. The molecule has 0 aliphatic carbocycles. The summed E-state index contributed by atoms with van der Waals surface area (Å²) in [5.41, 5.74) is 0. The molecule has 0 amide bonds. The van der Waals surface area contributed by atoms with Crippen LogP contribution < -0.4 is 0 Å². The smallest absolute Gasteiger partial charge is 0.303 e. The Bertz CT molecular complexity index is 208. The highest BCUT2D eigenvalue weighted by Gasteiger charge is 1.96. The van der Waals surface area contributed by atoms with Gasteiger partial charge in [0.05, 0.1) is 6.07 Å². The van der Waals surface area contributed by atoms with Crippen LogP contribution >= 0.6 is 0 Å². The molecule has 0 radical (unpaired) electrons. The maximum Gasteiger partial charge on any atom is 0.303 e. The number of carboxylic acids is 1. The van der Waals surface area contributed by atoms with E-state index in [2.05, 4.69) is 6.07 Å². The second kappa shape index (κ2) is 12.0. The number of carboxylic acid groups (broad SMARTS) is 1. The van der Waals surface area contributed by atoms with E-state index >= 15 is 0 Å². The first-order chi connectivity index (χ1) is 7.77. The zero-order chi connectivity index (χ0) is 12.1. The minimum Gasteiger partial charge on any atom is -0.481 e. The Morgan fingerprint density at radius 3 is 1.75 bits per heavy atom. The molecule has 0 aliphatic heterocycles. The Morgan fingerprint density at radius 2 is 1.31 bits per heavy atom. The molecule has 0 aromatic carbocycles. The van der Waals surface area contributed by atoms with Crippen molar-refractivity contribution in [2.24, 2.45) is 0 Å². The van der Waals surface area contributed by atoms with Gasteiger partial charge in [-0.25, -0.2) is 0 Å². The van der Waals surface area contributed by atoms with Crippen LogP contribution in [0.1, 0.15) is 70.6 Å². The molecular weight excluding hydrogens is 202 g/mol. The van der Waals surface area contributed by atoms with Crippen molar-refractivity contribution in [1.29, 1.82) is 5.26 Å². The van der Waals surface area contributed by atoms with Crippen LogP contribution in [0.25, 0.3) is 0 Å². The SMILES string of the molecule is N#CCCCCCCCCCCCC(=O)O. The van der Waals surface area contributed by atoms with E-state index in [1.165, 1.54) is 32.1 Å². The summed E-state index contributed by atoms with van der Waals surface area (Å²) in [6.45, 7) is 0. The highest BCUT2D eigenvalue weighted by atomic mass is 16.4. The summed E-state index contributed by atoms with van der Waals surface area (Å²) in [5.74, 6) is -0.683. The Balaban J connectivity index is 2.94. The summed E-state index contributed by atoms with van der Waals surface area (Å²) in [4.78, 5) is 10.2. The van der Waals surface area contributed by atoms with Gasteiger partial charge < -0.3 is 5.11 Å². The number of nitrogens with zero attached hydrogens (tertiary/aromatic N) is 1. The standard InChI is InChI=1S/C13H23NO2/c14-12-10-8-6-4-2-1-3-5-7-9-11-13(15)16/h1-11H2,(H,15,16). The number of nitriles is 1. The molecule has 0 saturated heterocycles. The molecule has 0 heterocycles. The van der Waals surface area contributed by atoms with Gasteiger partial charge in [-0.05, 0) is 12.8 Å². The zero-order valence-electron chi connectivity index (χ0n) is 10.1. The molecule has 0 atom stereocenters. The topological polar surface area (TPSA) is 61.1 Å². The summed E-state index contributed by atoms with van der Waals surface area (Å²) < 4.78 is 0. The van der Waals surface area contributed by atoms with Crippen molar-refractivity contribution in [2.75, 3.05) is 0 Å². The third-order valence-electron chi connectivity index (χ3n) is 2.68. The van der Waals surface area contributed by atoms with Gasteiger partial charge in [0.25, 0.3) is 0 Å². The zero-order valence-corrected chi connectivity index (χ0v) is 10.1. The second-order valence-electron chi connectivity index (χ2n) is 4.23. The van der Waals surface area contributed by atoms with Gasteiger partial charge in [0, 0.05) is 12.8 Å². The van der Waals surface area contributed by atoms with Crippen LogP contribution in [-0.2, 0) is 4.79 Å². The molecule has 0 bridgehead atoms. The molecule has 3 nitrogen and oxygen atoms in total. The van der Waals surface area contributed by atoms with Crippen molar-refractivity contribution in [3.05, 3.63) is 0 Å². The molecular formula is C13H23NO2. The number of hydrogen-bond donors (Lipinski definition) is 1. The first kappa shape index (κ1) is 15.0. The van der Waals surface area contributed by atoms with E-state index in [4.69, 9.17) is 10.4 Å². The predicted molar refractivity (Wildman–Crippen MR) is 64.0 cm³/mol. The first-order valence-electron chi connectivity index (χ1n) is 6.36. The van der Waals surface area contributed by atoms with Crippen LogP contribution in [0.4, 0.5) is 0 Å². The van der Waals surface area contributed by atoms with E-state index in [0.717, 1.165) is 25.7 Å². The first-order valence-corrected chi connectivity index (χ1v) is 6.36. The van der Waals surface area contributed by atoms with Crippen LogP contribution in [0.5, 0.6) is 0 Å². The number of hydrogen-bond acceptors (Lipinski definition) is 2. The highest BCUT2D eigenvalue weighted by Crippen LogP contribution is 2.11. The number of rotatable bonds is 11. The lowest BCUT2D eigenvalue weighted by Crippen LogP contribution is -1.93. The van der Waals surface area contributed by atoms with Crippen molar-refractivity contribution >= 4 is 5.97 Å². The molecule has 16 heavy (non-hydrogen) atoms. The van der Waals surface area contributed by atoms with Gasteiger partial charge in [0.15, 0.2) is 0 Å². The quantitative estimate of drug-likeness (QED) is 0.543. The van der Waals surface area contributed by atoms with E-state index in [-0.39, 0.29) is 0 Å². The summed E-state index contributed by atoms with van der Waals surface area (Å²) >= 11 is 0. The molecule has 0 fully saturated rings. The van der Waals surface area contributed by atoms with E-state index in [9.17, 15) is 4.79 Å². The van der Waals surface area contributed by atoms with Crippen molar-refractivity contribution in [3.63, 3.8) is 0 Å². The number of carbonyl (C=O) groups is 1.